The first-order valence-corrected chi connectivity index (χ1v) is 10.2. The average Bonchev–Trinajstić information content (AvgIpc) is 3.32. The Labute approximate surface area is 165 Å². The molecule has 0 bridgehead atoms. The van der Waals surface area contributed by atoms with Gasteiger partial charge in [0.05, 0.1) is 12.1 Å². The number of aryl methyl sites for hydroxylation is 1. The molecule has 1 amide bonds. The second-order valence-electron chi connectivity index (χ2n) is 8.07. The number of hydrogen-bond acceptors (Lipinski definition) is 3. The average molecular weight is 374 g/mol. The number of pyridine rings is 1. The number of amides is 1. The van der Waals surface area contributed by atoms with Crippen molar-refractivity contribution in [2.75, 3.05) is 24.5 Å². The van der Waals surface area contributed by atoms with Crippen molar-refractivity contribution in [2.45, 2.75) is 32.1 Å². The van der Waals surface area contributed by atoms with Crippen LogP contribution in [0.3, 0.4) is 0 Å². The van der Waals surface area contributed by atoms with Crippen molar-refractivity contribution >= 4 is 17.2 Å². The van der Waals surface area contributed by atoms with Crippen LogP contribution in [0.2, 0.25) is 0 Å². The fraction of sp³-hybridized carbons (Fsp3) is 0.391. The summed E-state index contributed by atoms with van der Waals surface area (Å²) >= 11 is 0. The molecule has 1 fully saturated rings. The van der Waals surface area contributed by atoms with E-state index in [1.165, 1.54) is 18.4 Å². The maximum atomic E-state index is 13.3. The van der Waals surface area contributed by atoms with Crippen LogP contribution >= 0.6 is 0 Å². The van der Waals surface area contributed by atoms with Crippen molar-refractivity contribution in [3.63, 3.8) is 0 Å². The van der Waals surface area contributed by atoms with Crippen molar-refractivity contribution in [3.05, 3.63) is 65.6 Å². The first-order valence-electron chi connectivity index (χ1n) is 10.2. The smallest absolute Gasteiger partial charge is 0.233 e. The van der Waals surface area contributed by atoms with Gasteiger partial charge < -0.3 is 14.6 Å². The van der Waals surface area contributed by atoms with Gasteiger partial charge in [-0.15, -0.1) is 0 Å². The van der Waals surface area contributed by atoms with E-state index < -0.39 is 0 Å². The van der Waals surface area contributed by atoms with Crippen LogP contribution in [0.1, 0.15) is 35.6 Å². The zero-order chi connectivity index (χ0) is 19.1. The van der Waals surface area contributed by atoms with Crippen molar-refractivity contribution in [3.8, 4) is 0 Å². The minimum absolute atomic E-state index is 0.159. The molecular formula is C23H26N4O. The maximum absolute atomic E-state index is 13.3. The number of imidazole rings is 1. The Morgan fingerprint density at radius 2 is 2.00 bits per heavy atom. The third-order valence-electron chi connectivity index (χ3n) is 6.40. The predicted octanol–water partition coefficient (Wildman–Crippen LogP) is 3.32. The van der Waals surface area contributed by atoms with Crippen molar-refractivity contribution in [2.24, 2.45) is 5.92 Å². The number of carbonyl (C=O) groups excluding carboxylic acids is 1. The Balaban J connectivity index is 1.42. The molecule has 1 aromatic carbocycles. The van der Waals surface area contributed by atoms with Crippen LogP contribution in [0, 0.1) is 12.8 Å². The van der Waals surface area contributed by atoms with E-state index >= 15 is 0 Å². The number of carbonyl (C=O) groups is 1. The highest BCUT2D eigenvalue weighted by Gasteiger charge is 2.37. The van der Waals surface area contributed by atoms with Gasteiger partial charge in [0.15, 0.2) is 0 Å². The van der Waals surface area contributed by atoms with Gasteiger partial charge in [-0.3, -0.25) is 4.79 Å². The van der Waals surface area contributed by atoms with Gasteiger partial charge in [-0.1, -0.05) is 24.3 Å². The zero-order valence-corrected chi connectivity index (χ0v) is 16.3. The number of piperidine rings is 1. The van der Waals surface area contributed by atoms with Crippen LogP contribution in [-0.4, -0.2) is 34.9 Å². The fourth-order valence-corrected chi connectivity index (χ4v) is 4.91. The lowest BCUT2D eigenvalue weighted by atomic mass is 9.82. The quantitative estimate of drug-likeness (QED) is 0.765. The molecule has 5 nitrogen and oxygen atoms in total. The van der Waals surface area contributed by atoms with Gasteiger partial charge in [-0.2, -0.15) is 0 Å². The standard InChI is InChI=1S/C23H26N4O/c1-16-5-4-12-26-18(14-25-23(16)26)13-22(28)27-15-20(17-8-10-24-11-9-17)19-6-2-3-7-21(19)27/h2-7,12,14,17,20,24H,8-11,13,15H2,1H3. The topological polar surface area (TPSA) is 49.6 Å². The van der Waals surface area contributed by atoms with Gasteiger partial charge in [0.2, 0.25) is 5.91 Å². The van der Waals surface area contributed by atoms with Crippen LogP contribution in [-0.2, 0) is 11.2 Å². The largest absolute Gasteiger partial charge is 0.317 e. The lowest BCUT2D eigenvalue weighted by Gasteiger charge is -2.28. The van der Waals surface area contributed by atoms with Gasteiger partial charge in [0, 0.05) is 30.5 Å². The third-order valence-corrected chi connectivity index (χ3v) is 6.40. The molecule has 1 saturated heterocycles. The highest BCUT2D eigenvalue weighted by atomic mass is 16.2. The summed E-state index contributed by atoms with van der Waals surface area (Å²) in [5.41, 5.74) is 5.45. The number of nitrogens with zero attached hydrogens (tertiary/aromatic N) is 3. The second kappa shape index (κ2) is 7.06. The molecule has 2 aliphatic heterocycles. The maximum Gasteiger partial charge on any atom is 0.233 e. The van der Waals surface area contributed by atoms with E-state index in [0.717, 1.165) is 42.2 Å². The molecule has 5 heteroatoms. The number of aromatic nitrogens is 2. The third kappa shape index (κ3) is 2.90. The molecule has 0 spiro atoms. The van der Waals surface area contributed by atoms with Crippen LogP contribution in [0.15, 0.2) is 48.8 Å². The summed E-state index contributed by atoms with van der Waals surface area (Å²) in [6, 6.07) is 12.5. The van der Waals surface area contributed by atoms with Crippen molar-refractivity contribution in [1.29, 1.82) is 0 Å². The molecule has 28 heavy (non-hydrogen) atoms. The summed E-state index contributed by atoms with van der Waals surface area (Å²) in [5, 5.41) is 3.46. The molecular weight excluding hydrogens is 348 g/mol. The number of hydrogen-bond donors (Lipinski definition) is 1. The van der Waals surface area contributed by atoms with Crippen LogP contribution in [0.4, 0.5) is 5.69 Å². The zero-order valence-electron chi connectivity index (χ0n) is 16.3. The number of rotatable bonds is 3. The molecule has 0 aliphatic carbocycles. The van der Waals surface area contributed by atoms with E-state index in [1.54, 1.807) is 0 Å². The summed E-state index contributed by atoms with van der Waals surface area (Å²) in [7, 11) is 0. The number of nitrogens with one attached hydrogen (secondary N) is 1. The summed E-state index contributed by atoms with van der Waals surface area (Å²) in [4.78, 5) is 19.8. The van der Waals surface area contributed by atoms with E-state index in [-0.39, 0.29) is 5.91 Å². The van der Waals surface area contributed by atoms with E-state index in [1.807, 2.05) is 46.8 Å². The number of benzene rings is 1. The van der Waals surface area contributed by atoms with E-state index in [0.29, 0.717) is 18.3 Å². The Hall–Kier alpha value is -2.66. The number of para-hydroxylation sites is 1. The lowest BCUT2D eigenvalue weighted by molar-refractivity contribution is -0.118. The van der Waals surface area contributed by atoms with Gasteiger partial charge >= 0.3 is 0 Å². The van der Waals surface area contributed by atoms with E-state index in [2.05, 4.69) is 28.5 Å². The SMILES string of the molecule is Cc1cccn2c(CC(=O)N3CC(C4CCNCC4)c4ccccc43)cnc12. The summed E-state index contributed by atoms with van der Waals surface area (Å²) in [5.74, 6) is 1.26. The Morgan fingerprint density at radius 1 is 1.18 bits per heavy atom. The highest BCUT2D eigenvalue weighted by Crippen LogP contribution is 2.43. The Kier molecular flexibility index (Phi) is 4.40. The second-order valence-corrected chi connectivity index (χ2v) is 8.07. The molecule has 1 atom stereocenters. The molecule has 0 radical (unpaired) electrons. The van der Waals surface area contributed by atoms with Crippen LogP contribution in [0.5, 0.6) is 0 Å². The van der Waals surface area contributed by atoms with Crippen LogP contribution in [0.25, 0.3) is 5.65 Å². The molecule has 1 N–H and O–H groups in total. The molecule has 2 aliphatic rings. The van der Waals surface area contributed by atoms with Gasteiger partial charge in [0.25, 0.3) is 0 Å². The monoisotopic (exact) mass is 374 g/mol. The highest BCUT2D eigenvalue weighted by molar-refractivity contribution is 5.97. The number of anilines is 1. The van der Waals surface area contributed by atoms with Gasteiger partial charge in [-0.05, 0) is 62.0 Å². The first-order chi connectivity index (χ1) is 13.7. The molecule has 2 aromatic heterocycles. The molecule has 0 saturated carbocycles. The lowest BCUT2D eigenvalue weighted by Crippen LogP contribution is -2.35. The van der Waals surface area contributed by atoms with Crippen molar-refractivity contribution < 1.29 is 4.79 Å². The van der Waals surface area contributed by atoms with E-state index in [4.69, 9.17) is 0 Å². The fourth-order valence-electron chi connectivity index (χ4n) is 4.91. The molecule has 3 aromatic rings. The Bertz CT molecular complexity index is 1020. The molecule has 5 rings (SSSR count). The normalized spacial score (nSPS) is 19.9. The Morgan fingerprint density at radius 3 is 2.86 bits per heavy atom. The van der Waals surface area contributed by atoms with Gasteiger partial charge in [-0.25, -0.2) is 4.98 Å². The van der Waals surface area contributed by atoms with E-state index in [9.17, 15) is 4.79 Å². The van der Waals surface area contributed by atoms with Crippen LogP contribution < -0.4 is 10.2 Å². The summed E-state index contributed by atoms with van der Waals surface area (Å²) in [6.45, 7) is 5.02. The first kappa shape index (κ1) is 17.4. The molecule has 1 unspecified atom stereocenters. The predicted molar refractivity (Wildman–Crippen MR) is 111 cm³/mol. The van der Waals surface area contributed by atoms with Crippen molar-refractivity contribution in [1.82, 2.24) is 14.7 Å². The molecule has 4 heterocycles. The molecule has 144 valence electrons. The number of fused-ring (bicyclic) bond motifs is 2. The minimum Gasteiger partial charge on any atom is -0.317 e. The summed E-state index contributed by atoms with van der Waals surface area (Å²) in [6.07, 6.45) is 6.58. The summed E-state index contributed by atoms with van der Waals surface area (Å²) < 4.78 is 2.04. The minimum atomic E-state index is 0.159. The van der Waals surface area contributed by atoms with Gasteiger partial charge in [0.1, 0.15) is 5.65 Å².